The summed E-state index contributed by atoms with van der Waals surface area (Å²) < 4.78 is 5.06. The smallest absolute Gasteiger partial charge is 0.339 e. The highest BCUT2D eigenvalue weighted by Gasteiger charge is 2.16. The molecule has 9 heteroatoms. The molecule has 0 atom stereocenters. The molecule has 0 saturated carbocycles. The minimum absolute atomic E-state index is 0.0489. The van der Waals surface area contributed by atoms with E-state index in [-0.39, 0.29) is 23.2 Å². The maximum atomic E-state index is 11.2. The number of benzene rings is 1. The number of ether oxygens (including phenoxy) is 1. The summed E-state index contributed by atoms with van der Waals surface area (Å²) in [6.45, 7) is 1.93. The van der Waals surface area contributed by atoms with Crippen LogP contribution >= 0.6 is 11.8 Å². The lowest BCUT2D eigenvalue weighted by atomic mass is 10.2. The molecule has 1 aromatic rings. The molecule has 0 bridgehead atoms. The first-order valence-electron chi connectivity index (χ1n) is 5.91. The third-order valence-electron chi connectivity index (χ3n) is 2.29. The number of guanidine groups is 2. The lowest BCUT2D eigenvalue weighted by Gasteiger charge is -2.10. The van der Waals surface area contributed by atoms with E-state index in [4.69, 9.17) is 21.9 Å². The van der Waals surface area contributed by atoms with Gasteiger partial charge in [-0.15, -0.1) is 11.8 Å². The summed E-state index contributed by atoms with van der Waals surface area (Å²) in [6.07, 6.45) is 0. The topological polar surface area (TPSA) is 149 Å². The van der Waals surface area contributed by atoms with Gasteiger partial charge in [-0.2, -0.15) is 4.99 Å². The number of methoxy groups -OCH3 is 1. The van der Waals surface area contributed by atoms with Crippen LogP contribution in [0.25, 0.3) is 0 Å². The average Bonchev–Trinajstić information content (AvgIpc) is 2.39. The van der Waals surface area contributed by atoms with Gasteiger partial charge in [0.25, 0.3) is 0 Å². The zero-order chi connectivity index (χ0) is 16.0. The first-order chi connectivity index (χ1) is 9.88. The summed E-state index contributed by atoms with van der Waals surface area (Å²) in [6, 6.07) is 2.97. The van der Waals surface area contributed by atoms with Crippen LogP contribution in [0.5, 0.6) is 5.75 Å². The van der Waals surface area contributed by atoms with Crippen molar-refractivity contribution in [3.8, 4) is 5.75 Å². The van der Waals surface area contributed by atoms with Gasteiger partial charge in [-0.3, -0.25) is 0 Å². The van der Waals surface area contributed by atoms with E-state index in [1.54, 1.807) is 0 Å². The van der Waals surface area contributed by atoms with Crippen molar-refractivity contribution < 1.29 is 14.6 Å². The van der Waals surface area contributed by atoms with Crippen molar-refractivity contribution >= 4 is 35.3 Å². The molecule has 0 aliphatic heterocycles. The van der Waals surface area contributed by atoms with Crippen molar-refractivity contribution in [2.75, 3.05) is 12.9 Å². The molecule has 0 radical (unpaired) electrons. The van der Waals surface area contributed by atoms with Crippen molar-refractivity contribution in [2.45, 2.75) is 11.8 Å². The molecule has 1 rings (SSSR count). The molecule has 8 nitrogen and oxygen atoms in total. The molecule has 0 heterocycles. The van der Waals surface area contributed by atoms with E-state index in [1.165, 1.54) is 31.0 Å². The second-order valence-corrected chi connectivity index (χ2v) is 5.07. The van der Waals surface area contributed by atoms with Gasteiger partial charge >= 0.3 is 5.97 Å². The normalized spacial score (nSPS) is 11.0. The van der Waals surface area contributed by atoms with Crippen molar-refractivity contribution in [3.05, 3.63) is 17.7 Å². The maximum absolute atomic E-state index is 11.2. The standard InChI is InChI=1S/C12H17N5O3S/c1-3-21-9-4-6(10(18)19)8(20-2)5-7(9)16-12(15)17-11(13)14/h4-5H,3H2,1-2H3,(H,18,19)(H6,13,14,15,16,17). The Kier molecular flexibility index (Phi) is 5.85. The Morgan fingerprint density at radius 1 is 1.38 bits per heavy atom. The monoisotopic (exact) mass is 311 g/mol. The van der Waals surface area contributed by atoms with Crippen LogP contribution in [-0.2, 0) is 0 Å². The number of aliphatic imine (C=N–C) groups is 2. The fourth-order valence-corrected chi connectivity index (χ4v) is 2.29. The van der Waals surface area contributed by atoms with Crippen LogP contribution in [0.15, 0.2) is 27.0 Å². The number of carboxylic acids is 1. The molecule has 0 aliphatic rings. The van der Waals surface area contributed by atoms with E-state index < -0.39 is 5.97 Å². The molecule has 1 aromatic carbocycles. The van der Waals surface area contributed by atoms with Crippen molar-refractivity contribution in [2.24, 2.45) is 27.2 Å². The van der Waals surface area contributed by atoms with Crippen LogP contribution < -0.4 is 21.9 Å². The van der Waals surface area contributed by atoms with Crippen LogP contribution in [0.1, 0.15) is 17.3 Å². The summed E-state index contributed by atoms with van der Waals surface area (Å²) in [5, 5.41) is 9.18. The predicted octanol–water partition coefficient (Wildman–Crippen LogP) is 0.725. The molecular formula is C12H17N5O3S. The number of rotatable bonds is 5. The third-order valence-corrected chi connectivity index (χ3v) is 3.22. The zero-order valence-electron chi connectivity index (χ0n) is 11.7. The molecule has 21 heavy (non-hydrogen) atoms. The summed E-state index contributed by atoms with van der Waals surface area (Å²) in [4.78, 5) is 19.6. The molecule has 7 N–H and O–H groups in total. The summed E-state index contributed by atoms with van der Waals surface area (Å²) in [7, 11) is 1.38. The highest BCUT2D eigenvalue weighted by atomic mass is 32.2. The van der Waals surface area contributed by atoms with Gasteiger partial charge in [0.05, 0.1) is 12.8 Å². The second kappa shape index (κ2) is 7.39. The minimum atomic E-state index is -1.09. The Hall–Kier alpha value is -2.42. The number of aromatic carboxylic acids is 1. The molecular weight excluding hydrogens is 294 g/mol. The quantitative estimate of drug-likeness (QED) is 0.355. The fraction of sp³-hybridized carbons (Fsp3) is 0.250. The van der Waals surface area contributed by atoms with E-state index >= 15 is 0 Å². The Balaban J connectivity index is 3.42. The molecule has 0 saturated heterocycles. The molecule has 0 aliphatic carbocycles. The number of carbonyl (C=O) groups is 1. The van der Waals surface area contributed by atoms with Gasteiger partial charge in [0, 0.05) is 11.0 Å². The summed E-state index contributed by atoms with van der Waals surface area (Å²) in [5.41, 5.74) is 16.5. The second-order valence-electron chi connectivity index (χ2n) is 3.77. The fourth-order valence-electron chi connectivity index (χ4n) is 1.52. The number of nitrogens with two attached hydrogens (primary N) is 3. The van der Waals surface area contributed by atoms with Crippen molar-refractivity contribution in [3.63, 3.8) is 0 Å². The predicted molar refractivity (Wildman–Crippen MR) is 83.4 cm³/mol. The number of thioether (sulfide) groups is 1. The Bertz CT molecular complexity index is 597. The molecule has 0 fully saturated rings. The van der Waals surface area contributed by atoms with Crippen molar-refractivity contribution in [1.82, 2.24) is 0 Å². The number of nitrogens with zero attached hydrogens (tertiary/aromatic N) is 2. The number of hydrogen-bond acceptors (Lipinski definition) is 4. The van der Waals surface area contributed by atoms with Gasteiger partial charge in [-0.05, 0) is 11.8 Å². The van der Waals surface area contributed by atoms with Gasteiger partial charge in [0.1, 0.15) is 11.3 Å². The van der Waals surface area contributed by atoms with Gasteiger partial charge in [-0.25, -0.2) is 9.79 Å². The van der Waals surface area contributed by atoms with Crippen LogP contribution in [0.4, 0.5) is 5.69 Å². The largest absolute Gasteiger partial charge is 0.496 e. The third kappa shape index (κ3) is 4.56. The Morgan fingerprint density at radius 2 is 2.05 bits per heavy atom. The minimum Gasteiger partial charge on any atom is -0.496 e. The first-order valence-corrected chi connectivity index (χ1v) is 6.89. The van der Waals surface area contributed by atoms with Gasteiger partial charge < -0.3 is 27.0 Å². The van der Waals surface area contributed by atoms with Crippen LogP contribution in [0, 0.1) is 0 Å². The molecule has 0 amide bonds. The van der Waals surface area contributed by atoms with E-state index in [2.05, 4.69) is 9.98 Å². The Morgan fingerprint density at radius 3 is 2.52 bits per heavy atom. The van der Waals surface area contributed by atoms with Crippen LogP contribution in [-0.4, -0.2) is 35.9 Å². The lowest BCUT2D eigenvalue weighted by Crippen LogP contribution is -2.26. The SMILES string of the molecule is CCSc1cc(C(=O)O)c(OC)cc1N=C(N)N=C(N)N. The highest BCUT2D eigenvalue weighted by molar-refractivity contribution is 7.99. The van der Waals surface area contributed by atoms with Crippen LogP contribution in [0.2, 0.25) is 0 Å². The first kappa shape index (κ1) is 16.6. The summed E-state index contributed by atoms with van der Waals surface area (Å²) >= 11 is 1.42. The molecule has 0 spiro atoms. The maximum Gasteiger partial charge on any atom is 0.339 e. The average molecular weight is 311 g/mol. The van der Waals surface area contributed by atoms with Gasteiger partial charge in [-0.1, -0.05) is 6.92 Å². The highest BCUT2D eigenvalue weighted by Crippen LogP contribution is 2.36. The molecule has 0 unspecified atom stereocenters. The summed E-state index contributed by atoms with van der Waals surface area (Å²) in [5.74, 6) is -0.513. The molecule has 0 aromatic heterocycles. The zero-order valence-corrected chi connectivity index (χ0v) is 12.5. The Labute approximate surface area is 126 Å². The molecule has 114 valence electrons. The van der Waals surface area contributed by atoms with E-state index in [0.29, 0.717) is 10.6 Å². The van der Waals surface area contributed by atoms with Gasteiger partial charge in [0.15, 0.2) is 5.96 Å². The number of hydrogen-bond donors (Lipinski definition) is 4. The van der Waals surface area contributed by atoms with Crippen LogP contribution in [0.3, 0.4) is 0 Å². The van der Waals surface area contributed by atoms with Crippen molar-refractivity contribution in [1.29, 1.82) is 0 Å². The van der Waals surface area contributed by atoms with Gasteiger partial charge in [0.2, 0.25) is 5.96 Å². The lowest BCUT2D eigenvalue weighted by molar-refractivity contribution is 0.0693. The van der Waals surface area contributed by atoms with E-state index in [1.807, 2.05) is 6.92 Å². The van der Waals surface area contributed by atoms with E-state index in [0.717, 1.165) is 5.75 Å². The van der Waals surface area contributed by atoms with E-state index in [9.17, 15) is 9.90 Å². The number of carboxylic acid groups (broad SMARTS) is 1.